The zero-order valence-electron chi connectivity index (χ0n) is 19.3. The average Bonchev–Trinajstić information content (AvgIpc) is 3.17. The Morgan fingerprint density at radius 2 is 1.70 bits per heavy atom. The Hall–Kier alpha value is -1.94. The first-order chi connectivity index (χ1) is 15.4. The van der Waals surface area contributed by atoms with Crippen LogP contribution in [-0.2, 0) is 29.4 Å². The predicted molar refractivity (Wildman–Crippen MR) is 129 cm³/mol. The molecule has 0 bridgehead atoms. The van der Waals surface area contributed by atoms with Gasteiger partial charge < -0.3 is 14.4 Å². The molecule has 0 saturated carbocycles. The molecule has 1 amide bonds. The SMILES string of the molecule is Cc1ccc(S(=O)(=O)OCCOC2(c3ccc(Br)cc3)CCN(C(=O)OC(C)(C)C)C2)cc1. The van der Waals surface area contributed by atoms with Crippen LogP contribution in [0, 0.1) is 6.92 Å². The molecule has 0 aliphatic carbocycles. The lowest BCUT2D eigenvalue weighted by molar-refractivity contribution is -0.0535. The molecule has 180 valence electrons. The zero-order chi connectivity index (χ0) is 24.3. The van der Waals surface area contributed by atoms with E-state index in [1.807, 2.05) is 52.0 Å². The minimum Gasteiger partial charge on any atom is -0.444 e. The minimum atomic E-state index is -3.88. The van der Waals surface area contributed by atoms with Crippen LogP contribution in [0.4, 0.5) is 4.79 Å². The average molecular weight is 540 g/mol. The van der Waals surface area contributed by atoms with Crippen LogP contribution in [0.5, 0.6) is 0 Å². The highest BCUT2D eigenvalue weighted by Crippen LogP contribution is 2.37. The van der Waals surface area contributed by atoms with Crippen LogP contribution in [-0.4, -0.2) is 51.3 Å². The lowest BCUT2D eigenvalue weighted by Crippen LogP contribution is -2.39. The fraction of sp³-hybridized carbons (Fsp3) is 0.458. The summed E-state index contributed by atoms with van der Waals surface area (Å²) in [5.41, 5.74) is 0.482. The van der Waals surface area contributed by atoms with Crippen molar-refractivity contribution in [1.82, 2.24) is 4.90 Å². The number of ether oxygens (including phenoxy) is 2. The van der Waals surface area contributed by atoms with Crippen LogP contribution in [0.1, 0.15) is 38.3 Å². The third-order valence-electron chi connectivity index (χ3n) is 5.26. The standard InChI is InChI=1S/C24H30BrNO6S/c1-18-5-11-21(12-6-18)33(28,29)31-16-15-30-24(19-7-9-20(25)10-8-19)13-14-26(17-24)22(27)32-23(2,3)4/h5-12H,13-17H2,1-4H3. The van der Waals surface area contributed by atoms with Gasteiger partial charge in [-0.05, 0) is 57.5 Å². The molecule has 1 aliphatic heterocycles. The van der Waals surface area contributed by atoms with Crippen LogP contribution in [0.15, 0.2) is 57.9 Å². The van der Waals surface area contributed by atoms with Gasteiger partial charge in [0.15, 0.2) is 0 Å². The lowest BCUT2D eigenvalue weighted by atomic mass is 9.92. The fourth-order valence-corrected chi connectivity index (χ4v) is 4.77. The summed E-state index contributed by atoms with van der Waals surface area (Å²) in [7, 11) is -3.88. The Morgan fingerprint density at radius 3 is 2.30 bits per heavy atom. The van der Waals surface area contributed by atoms with E-state index in [0.717, 1.165) is 15.6 Å². The van der Waals surface area contributed by atoms with Crippen molar-refractivity contribution < 1.29 is 26.9 Å². The van der Waals surface area contributed by atoms with Gasteiger partial charge in [-0.2, -0.15) is 8.42 Å². The molecule has 7 nitrogen and oxygen atoms in total. The van der Waals surface area contributed by atoms with Gasteiger partial charge in [-0.3, -0.25) is 4.18 Å². The summed E-state index contributed by atoms with van der Waals surface area (Å²) in [6, 6.07) is 14.2. The molecule has 0 aromatic heterocycles. The minimum absolute atomic E-state index is 0.0450. The summed E-state index contributed by atoms with van der Waals surface area (Å²) in [6.45, 7) is 8.03. The number of halogens is 1. The first-order valence-corrected chi connectivity index (χ1v) is 12.9. The van der Waals surface area contributed by atoms with Gasteiger partial charge in [-0.25, -0.2) is 4.79 Å². The quantitative estimate of drug-likeness (QED) is 0.363. The Kier molecular flexibility index (Phi) is 7.88. The molecule has 9 heteroatoms. The Bertz CT molecular complexity index is 1060. The van der Waals surface area contributed by atoms with Crippen molar-refractivity contribution in [2.75, 3.05) is 26.3 Å². The van der Waals surface area contributed by atoms with Crippen molar-refractivity contribution in [3.05, 3.63) is 64.1 Å². The normalized spacial score (nSPS) is 19.0. The zero-order valence-corrected chi connectivity index (χ0v) is 21.7. The van der Waals surface area contributed by atoms with Gasteiger partial charge in [0, 0.05) is 17.4 Å². The number of likely N-dealkylation sites (tertiary alicyclic amines) is 1. The molecular formula is C24H30BrNO6S. The van der Waals surface area contributed by atoms with E-state index < -0.39 is 27.4 Å². The fourth-order valence-electron chi connectivity index (χ4n) is 3.61. The third-order valence-corrected chi connectivity index (χ3v) is 7.12. The summed E-state index contributed by atoms with van der Waals surface area (Å²) in [5, 5.41) is 0. The highest BCUT2D eigenvalue weighted by Gasteiger charge is 2.43. The van der Waals surface area contributed by atoms with Crippen LogP contribution < -0.4 is 0 Å². The molecule has 1 aliphatic rings. The maximum Gasteiger partial charge on any atom is 0.410 e. The van der Waals surface area contributed by atoms with E-state index in [4.69, 9.17) is 13.7 Å². The smallest absolute Gasteiger partial charge is 0.410 e. The van der Waals surface area contributed by atoms with Crippen molar-refractivity contribution in [2.45, 2.75) is 50.2 Å². The number of amides is 1. The maximum absolute atomic E-state index is 12.6. The van der Waals surface area contributed by atoms with Gasteiger partial charge >= 0.3 is 6.09 Å². The molecule has 2 aromatic rings. The third kappa shape index (κ3) is 6.79. The largest absolute Gasteiger partial charge is 0.444 e. The van der Waals surface area contributed by atoms with E-state index in [1.54, 1.807) is 17.0 Å². The number of carbonyl (C=O) groups excluding carboxylic acids is 1. The van der Waals surface area contributed by atoms with E-state index in [0.29, 0.717) is 19.5 Å². The number of benzene rings is 2. The second-order valence-corrected chi connectivity index (χ2v) is 11.6. The number of hydrogen-bond acceptors (Lipinski definition) is 6. The predicted octanol–water partition coefficient (Wildman–Crippen LogP) is 5.02. The Labute approximate surface area is 204 Å². The molecule has 2 aromatic carbocycles. The maximum atomic E-state index is 12.6. The summed E-state index contributed by atoms with van der Waals surface area (Å²) in [4.78, 5) is 14.3. The van der Waals surface area contributed by atoms with E-state index in [9.17, 15) is 13.2 Å². The summed E-state index contributed by atoms with van der Waals surface area (Å²) < 4.78 is 42.8. The molecule has 1 fully saturated rings. The number of nitrogens with zero attached hydrogens (tertiary/aromatic N) is 1. The van der Waals surface area contributed by atoms with Crippen molar-refractivity contribution >= 4 is 32.1 Å². The summed E-state index contributed by atoms with van der Waals surface area (Å²) >= 11 is 3.44. The second-order valence-electron chi connectivity index (χ2n) is 9.09. The second kappa shape index (κ2) is 10.1. The highest BCUT2D eigenvalue weighted by atomic mass is 79.9. The van der Waals surface area contributed by atoms with E-state index >= 15 is 0 Å². The molecule has 0 radical (unpaired) electrons. The van der Waals surface area contributed by atoms with Gasteiger partial charge in [-0.1, -0.05) is 45.8 Å². The highest BCUT2D eigenvalue weighted by molar-refractivity contribution is 9.10. The molecule has 3 rings (SSSR count). The topological polar surface area (TPSA) is 82.1 Å². The monoisotopic (exact) mass is 539 g/mol. The van der Waals surface area contributed by atoms with Crippen molar-refractivity contribution in [2.24, 2.45) is 0 Å². The molecule has 1 atom stereocenters. The number of hydrogen-bond donors (Lipinski definition) is 0. The van der Waals surface area contributed by atoms with Gasteiger partial charge in [0.25, 0.3) is 10.1 Å². The van der Waals surface area contributed by atoms with Gasteiger partial charge in [0.2, 0.25) is 0 Å². The number of carbonyl (C=O) groups is 1. The van der Waals surface area contributed by atoms with Gasteiger partial charge in [0.1, 0.15) is 11.2 Å². The summed E-state index contributed by atoms with van der Waals surface area (Å²) in [5.74, 6) is 0. The van der Waals surface area contributed by atoms with E-state index in [-0.39, 0.29) is 18.1 Å². The molecule has 1 unspecified atom stereocenters. The summed E-state index contributed by atoms with van der Waals surface area (Å²) in [6.07, 6.45) is 0.154. The molecular weight excluding hydrogens is 510 g/mol. The Balaban J connectivity index is 1.69. The van der Waals surface area contributed by atoms with Crippen molar-refractivity contribution in [1.29, 1.82) is 0 Å². The van der Waals surface area contributed by atoms with Crippen molar-refractivity contribution in [3.63, 3.8) is 0 Å². The first-order valence-electron chi connectivity index (χ1n) is 10.7. The molecule has 1 saturated heterocycles. The first kappa shape index (κ1) is 25.7. The molecule has 0 spiro atoms. The number of aryl methyl sites for hydroxylation is 1. The lowest BCUT2D eigenvalue weighted by Gasteiger charge is -2.31. The number of rotatable bonds is 7. The van der Waals surface area contributed by atoms with Crippen LogP contribution in [0.25, 0.3) is 0 Å². The van der Waals surface area contributed by atoms with E-state index in [2.05, 4.69) is 15.9 Å². The van der Waals surface area contributed by atoms with Crippen LogP contribution in [0.2, 0.25) is 0 Å². The van der Waals surface area contributed by atoms with Gasteiger partial charge in [-0.15, -0.1) is 0 Å². The van der Waals surface area contributed by atoms with Crippen LogP contribution >= 0.6 is 15.9 Å². The van der Waals surface area contributed by atoms with Gasteiger partial charge in [0.05, 0.1) is 24.7 Å². The van der Waals surface area contributed by atoms with Crippen molar-refractivity contribution in [3.8, 4) is 0 Å². The van der Waals surface area contributed by atoms with E-state index in [1.165, 1.54) is 12.1 Å². The Morgan fingerprint density at radius 1 is 1.06 bits per heavy atom. The van der Waals surface area contributed by atoms with Crippen LogP contribution in [0.3, 0.4) is 0 Å². The molecule has 0 N–H and O–H groups in total. The molecule has 1 heterocycles. The molecule has 33 heavy (non-hydrogen) atoms.